The largest absolute Gasteiger partial charge is 0.375 e. The molecule has 0 amide bonds. The van der Waals surface area contributed by atoms with E-state index in [9.17, 15) is 5.26 Å². The number of benzene rings is 1. The summed E-state index contributed by atoms with van der Waals surface area (Å²) < 4.78 is 5.94. The first-order chi connectivity index (χ1) is 15.6. The molecule has 1 aliphatic heterocycles. The van der Waals surface area contributed by atoms with E-state index < -0.39 is 5.41 Å². The summed E-state index contributed by atoms with van der Waals surface area (Å²) in [6, 6.07) is 10.3. The quantitative estimate of drug-likeness (QED) is 0.411. The minimum Gasteiger partial charge on any atom is -0.375 e. The molecule has 2 fully saturated rings. The van der Waals surface area contributed by atoms with Gasteiger partial charge >= 0.3 is 0 Å². The third kappa shape index (κ3) is 4.59. The molecule has 1 aliphatic carbocycles. The molecule has 8 nitrogen and oxygen atoms in total. The molecule has 8 heteroatoms. The van der Waals surface area contributed by atoms with Crippen molar-refractivity contribution in [2.45, 2.75) is 44.1 Å². The number of hydrogen-bond donors (Lipinski definition) is 3. The van der Waals surface area contributed by atoms with Gasteiger partial charge in [-0.1, -0.05) is 12.1 Å². The maximum absolute atomic E-state index is 9.73. The Morgan fingerprint density at radius 3 is 2.88 bits per heavy atom. The van der Waals surface area contributed by atoms with Crippen molar-refractivity contribution >= 4 is 23.5 Å². The van der Waals surface area contributed by atoms with Crippen LogP contribution in [0.3, 0.4) is 0 Å². The van der Waals surface area contributed by atoms with E-state index in [0.29, 0.717) is 18.2 Å². The Kier molecular flexibility index (Phi) is 6.68. The lowest BCUT2D eigenvalue weighted by molar-refractivity contribution is 0.0711. The summed E-state index contributed by atoms with van der Waals surface area (Å²) in [5.41, 5.74) is 2.16. The fourth-order valence-corrected chi connectivity index (χ4v) is 4.40. The summed E-state index contributed by atoms with van der Waals surface area (Å²) in [5.74, 6) is 2.25. The van der Waals surface area contributed by atoms with Gasteiger partial charge in [-0.2, -0.15) is 5.26 Å². The Morgan fingerprint density at radius 2 is 2.19 bits per heavy atom. The van der Waals surface area contributed by atoms with Crippen molar-refractivity contribution in [3.05, 3.63) is 41.2 Å². The van der Waals surface area contributed by atoms with Crippen LogP contribution in [0.4, 0.5) is 17.3 Å². The molecule has 2 aliphatic rings. The number of anilines is 3. The summed E-state index contributed by atoms with van der Waals surface area (Å²) in [5, 5.41) is 24.0. The second-order valence-electron chi connectivity index (χ2n) is 8.61. The highest BCUT2D eigenvalue weighted by Gasteiger charge is 2.39. The van der Waals surface area contributed by atoms with Gasteiger partial charge in [0, 0.05) is 43.2 Å². The van der Waals surface area contributed by atoms with Gasteiger partial charge in [0.25, 0.3) is 0 Å². The highest BCUT2D eigenvalue weighted by atomic mass is 16.5. The maximum Gasteiger partial charge on any atom is 0.136 e. The molecular weight excluding hydrogens is 402 g/mol. The van der Waals surface area contributed by atoms with Crippen molar-refractivity contribution in [2.75, 3.05) is 43.5 Å². The highest BCUT2D eigenvalue weighted by molar-refractivity contribution is 5.87. The molecule has 1 unspecified atom stereocenters. The van der Waals surface area contributed by atoms with Gasteiger partial charge in [0.1, 0.15) is 17.5 Å². The monoisotopic (exact) mass is 433 g/mol. The van der Waals surface area contributed by atoms with Gasteiger partial charge in [0.15, 0.2) is 0 Å². The van der Waals surface area contributed by atoms with E-state index in [4.69, 9.17) is 10.1 Å². The smallest absolute Gasteiger partial charge is 0.136 e. The number of ether oxygens (including phenoxy) is 1. The normalized spacial score (nSPS) is 19.3. The van der Waals surface area contributed by atoms with Gasteiger partial charge in [0.05, 0.1) is 24.2 Å². The van der Waals surface area contributed by atoms with Crippen LogP contribution in [0.1, 0.15) is 42.6 Å². The van der Waals surface area contributed by atoms with Gasteiger partial charge in [-0.25, -0.2) is 9.97 Å². The van der Waals surface area contributed by atoms with Crippen molar-refractivity contribution in [3.63, 3.8) is 0 Å². The highest BCUT2D eigenvalue weighted by Crippen LogP contribution is 2.44. The zero-order valence-electron chi connectivity index (χ0n) is 18.8. The van der Waals surface area contributed by atoms with Crippen LogP contribution in [-0.2, 0) is 10.2 Å². The van der Waals surface area contributed by atoms with Gasteiger partial charge in [-0.05, 0) is 51.3 Å². The number of hydrogen-bond acceptors (Lipinski definition) is 8. The maximum atomic E-state index is 9.73. The third-order valence-electron chi connectivity index (χ3n) is 6.44. The van der Waals surface area contributed by atoms with E-state index in [1.165, 1.54) is 6.21 Å². The van der Waals surface area contributed by atoms with E-state index in [2.05, 4.69) is 31.6 Å². The standard InChI is InChI=1S/C24H31N7O/c1-17-28-22(13-23(29-17)31-10-6-20(15-31)32-11-9-27-2)30-21-12-19(5-4-18(21)14-25)24(16-26)7-3-8-24/h4-5,12-14,20,25,27H,3,6-11,15H2,1-2H3,(H,28,29,30). The SMILES string of the molecule is CNCCOC1CCN(c2cc(Nc3cc(C4(C#N)CCC4)ccc3C=N)nc(C)n2)C1. The van der Waals surface area contributed by atoms with Crippen LogP contribution in [-0.4, -0.2) is 55.6 Å². The predicted molar refractivity (Wildman–Crippen MR) is 126 cm³/mol. The zero-order chi connectivity index (χ0) is 22.6. The molecule has 168 valence electrons. The van der Waals surface area contributed by atoms with Crippen LogP contribution in [0.5, 0.6) is 0 Å². The molecule has 2 aromatic rings. The Balaban J connectivity index is 1.54. The van der Waals surface area contributed by atoms with Crippen molar-refractivity contribution in [2.24, 2.45) is 0 Å². The molecule has 32 heavy (non-hydrogen) atoms. The number of nitrogens with one attached hydrogen (secondary N) is 3. The number of rotatable bonds is 9. The molecular formula is C24H31N7O. The molecule has 4 rings (SSSR count). The Bertz CT molecular complexity index is 1010. The topological polar surface area (TPSA) is 110 Å². The Labute approximate surface area is 189 Å². The van der Waals surface area contributed by atoms with Crippen molar-refractivity contribution in [1.82, 2.24) is 15.3 Å². The molecule has 1 aromatic heterocycles. The third-order valence-corrected chi connectivity index (χ3v) is 6.44. The van der Waals surface area contributed by atoms with E-state index in [1.54, 1.807) is 0 Å². The first-order valence-corrected chi connectivity index (χ1v) is 11.3. The van der Waals surface area contributed by atoms with Crippen LogP contribution in [0.2, 0.25) is 0 Å². The number of likely N-dealkylation sites (N-methyl/N-ethyl adjacent to an activating group) is 1. The predicted octanol–water partition coefficient (Wildman–Crippen LogP) is 3.29. The van der Waals surface area contributed by atoms with Gasteiger partial charge < -0.3 is 25.7 Å². The molecule has 1 aromatic carbocycles. The second kappa shape index (κ2) is 9.63. The van der Waals surface area contributed by atoms with E-state index >= 15 is 0 Å². The summed E-state index contributed by atoms with van der Waals surface area (Å²) in [6.07, 6.45) is 5.36. The van der Waals surface area contributed by atoms with Gasteiger partial charge in [0.2, 0.25) is 0 Å². The Morgan fingerprint density at radius 1 is 1.34 bits per heavy atom. The molecule has 2 heterocycles. The number of aromatic nitrogens is 2. The van der Waals surface area contributed by atoms with E-state index in [1.807, 2.05) is 38.2 Å². The molecule has 1 saturated heterocycles. The lowest BCUT2D eigenvalue weighted by atomic mass is 9.65. The van der Waals surface area contributed by atoms with Crippen molar-refractivity contribution in [3.8, 4) is 6.07 Å². The fourth-order valence-electron chi connectivity index (χ4n) is 4.40. The fraction of sp³-hybridized carbons (Fsp3) is 0.500. The summed E-state index contributed by atoms with van der Waals surface area (Å²) in [7, 11) is 1.93. The number of nitriles is 1. The first-order valence-electron chi connectivity index (χ1n) is 11.3. The van der Waals surface area contributed by atoms with Crippen LogP contribution in [0, 0.1) is 23.7 Å². The van der Waals surface area contributed by atoms with Gasteiger partial charge in [-0.3, -0.25) is 0 Å². The van der Waals surface area contributed by atoms with Gasteiger partial charge in [-0.15, -0.1) is 0 Å². The van der Waals surface area contributed by atoms with E-state index in [-0.39, 0.29) is 6.10 Å². The minimum absolute atomic E-state index is 0.209. The minimum atomic E-state index is -0.401. The number of aryl methyl sites for hydroxylation is 1. The van der Waals surface area contributed by atoms with Crippen LogP contribution < -0.4 is 15.5 Å². The molecule has 1 atom stereocenters. The average Bonchev–Trinajstić information content (AvgIpc) is 3.22. The number of nitrogens with zero attached hydrogens (tertiary/aromatic N) is 4. The molecule has 3 N–H and O–H groups in total. The van der Waals surface area contributed by atoms with Crippen LogP contribution in [0.25, 0.3) is 0 Å². The lowest BCUT2D eigenvalue weighted by Gasteiger charge is -2.36. The second-order valence-corrected chi connectivity index (χ2v) is 8.61. The molecule has 0 spiro atoms. The average molecular weight is 434 g/mol. The summed E-state index contributed by atoms with van der Waals surface area (Å²) in [4.78, 5) is 11.4. The molecule has 1 saturated carbocycles. The lowest BCUT2D eigenvalue weighted by Crippen LogP contribution is -2.32. The summed E-state index contributed by atoms with van der Waals surface area (Å²) in [6.45, 7) is 5.15. The summed E-state index contributed by atoms with van der Waals surface area (Å²) >= 11 is 0. The molecule has 0 radical (unpaired) electrons. The van der Waals surface area contributed by atoms with Crippen LogP contribution >= 0.6 is 0 Å². The first kappa shape index (κ1) is 22.2. The Hall–Kier alpha value is -3.02. The van der Waals surface area contributed by atoms with Crippen molar-refractivity contribution < 1.29 is 4.74 Å². The zero-order valence-corrected chi connectivity index (χ0v) is 18.8. The van der Waals surface area contributed by atoms with Crippen molar-refractivity contribution in [1.29, 1.82) is 10.7 Å². The molecule has 0 bridgehead atoms. The van der Waals surface area contributed by atoms with E-state index in [0.717, 1.165) is 67.9 Å². The van der Waals surface area contributed by atoms with Crippen LogP contribution in [0.15, 0.2) is 24.3 Å².